The number of carbonyl (C=O) groups is 2. The van der Waals surface area contributed by atoms with Crippen LogP contribution >= 0.6 is 0 Å². The van der Waals surface area contributed by atoms with Crippen molar-refractivity contribution in [2.24, 2.45) is 35.5 Å². The first-order valence-electron chi connectivity index (χ1n) is 18.6. The van der Waals surface area contributed by atoms with E-state index in [9.17, 15) is 19.8 Å². The third-order valence-electron chi connectivity index (χ3n) is 10.8. The molecule has 3 heterocycles. The SMILES string of the molecule is CC/C=C\C/C=C\CC(O)C1OC(C/C=C\C/C=C\CC)C(/C=C/C2CC2C2CCCC(=O)O2)C1C(O)C1CC1C1CCCC(=O)O1. The monoisotopic (exact) mass is 650 g/mol. The van der Waals surface area contributed by atoms with Crippen molar-refractivity contribution in [3.05, 3.63) is 60.8 Å². The highest BCUT2D eigenvalue weighted by molar-refractivity contribution is 5.70. The van der Waals surface area contributed by atoms with Crippen molar-refractivity contribution in [3.63, 3.8) is 0 Å². The molecule has 7 heteroatoms. The standard InChI is InChI=1S/C40H58O7/c1-3-5-7-9-11-13-17-32(41)40-38(39(44)31-26-30(31)35-20-16-22-37(43)46-35)28(33(47-40)18-14-12-10-8-6-4-2)24-23-27-25-29(27)34-19-15-21-36(42)45-34/h5-8,11-14,23-24,27-35,38-41,44H,3-4,9-10,15-22,25-26H2,1-2H3/b7-5-,8-6-,13-11-,14-12-,24-23+. The Morgan fingerprint density at radius 3 is 2.02 bits per heavy atom. The van der Waals surface area contributed by atoms with Crippen molar-refractivity contribution in [1.29, 1.82) is 0 Å². The Balaban J connectivity index is 1.34. The molecule has 0 aromatic rings. The molecule has 47 heavy (non-hydrogen) atoms. The predicted molar refractivity (Wildman–Crippen MR) is 183 cm³/mol. The Morgan fingerprint density at radius 1 is 0.766 bits per heavy atom. The summed E-state index contributed by atoms with van der Waals surface area (Å²) >= 11 is 0. The van der Waals surface area contributed by atoms with Gasteiger partial charge in [-0.3, -0.25) is 9.59 Å². The van der Waals surface area contributed by atoms with Crippen molar-refractivity contribution in [2.45, 2.75) is 140 Å². The van der Waals surface area contributed by atoms with Gasteiger partial charge in [0.15, 0.2) is 0 Å². The molecule has 0 radical (unpaired) electrons. The third-order valence-corrected chi connectivity index (χ3v) is 10.8. The zero-order valence-electron chi connectivity index (χ0n) is 28.5. The summed E-state index contributed by atoms with van der Waals surface area (Å²) in [6.07, 6.45) is 30.5. The van der Waals surface area contributed by atoms with Gasteiger partial charge in [0, 0.05) is 36.5 Å². The first-order chi connectivity index (χ1) is 22.9. The van der Waals surface area contributed by atoms with Crippen LogP contribution in [0, 0.1) is 35.5 Å². The van der Waals surface area contributed by atoms with Gasteiger partial charge in [-0.1, -0.05) is 74.6 Å². The van der Waals surface area contributed by atoms with E-state index in [0.717, 1.165) is 64.2 Å². The van der Waals surface area contributed by atoms with Crippen LogP contribution in [-0.4, -0.2) is 58.8 Å². The molecule has 5 fully saturated rings. The van der Waals surface area contributed by atoms with Gasteiger partial charge < -0.3 is 24.4 Å². The lowest BCUT2D eigenvalue weighted by Gasteiger charge is -2.31. The molecular weight excluding hydrogens is 592 g/mol. The topological polar surface area (TPSA) is 102 Å². The average Bonchev–Trinajstić information content (AvgIpc) is 3.99. The van der Waals surface area contributed by atoms with Crippen LogP contribution in [0.5, 0.6) is 0 Å². The van der Waals surface area contributed by atoms with E-state index in [4.69, 9.17) is 14.2 Å². The summed E-state index contributed by atoms with van der Waals surface area (Å²) in [6.45, 7) is 4.24. The van der Waals surface area contributed by atoms with E-state index < -0.39 is 18.3 Å². The van der Waals surface area contributed by atoms with Crippen molar-refractivity contribution >= 4 is 11.9 Å². The lowest BCUT2D eigenvalue weighted by molar-refractivity contribution is -0.156. The quantitative estimate of drug-likeness (QED) is 0.126. The summed E-state index contributed by atoms with van der Waals surface area (Å²) in [7, 11) is 0. The fourth-order valence-corrected chi connectivity index (χ4v) is 8.13. The number of hydrogen-bond acceptors (Lipinski definition) is 7. The highest BCUT2D eigenvalue weighted by Crippen LogP contribution is 2.53. The van der Waals surface area contributed by atoms with Crippen molar-refractivity contribution in [3.8, 4) is 0 Å². The number of carbonyl (C=O) groups excluding carboxylic acids is 2. The predicted octanol–water partition coefficient (Wildman–Crippen LogP) is 7.33. The van der Waals surface area contributed by atoms with Gasteiger partial charge in [-0.25, -0.2) is 0 Å². The maximum Gasteiger partial charge on any atom is 0.306 e. The number of allylic oxidation sites excluding steroid dienone is 7. The summed E-state index contributed by atoms with van der Waals surface area (Å²) in [5.41, 5.74) is 0. The molecule has 0 spiro atoms. The van der Waals surface area contributed by atoms with Crippen molar-refractivity contribution < 1.29 is 34.0 Å². The van der Waals surface area contributed by atoms with Crippen LogP contribution in [0.2, 0.25) is 0 Å². The van der Waals surface area contributed by atoms with Crippen molar-refractivity contribution in [1.82, 2.24) is 0 Å². The lowest BCUT2D eigenvalue weighted by atomic mass is 9.77. The van der Waals surface area contributed by atoms with Crippen molar-refractivity contribution in [2.75, 3.05) is 0 Å². The highest BCUT2D eigenvalue weighted by atomic mass is 16.6. The number of ether oxygens (including phenoxy) is 3. The zero-order valence-corrected chi connectivity index (χ0v) is 28.5. The number of rotatable bonds is 17. The largest absolute Gasteiger partial charge is 0.462 e. The van der Waals surface area contributed by atoms with Gasteiger partial charge in [0.1, 0.15) is 12.2 Å². The summed E-state index contributed by atoms with van der Waals surface area (Å²) in [5.74, 6) is 0.282. The third kappa shape index (κ3) is 10.0. The maximum atomic E-state index is 12.1. The molecule has 7 nitrogen and oxygen atoms in total. The normalized spacial score (nSPS) is 37.4. The lowest BCUT2D eigenvalue weighted by Crippen LogP contribution is -2.41. The number of aliphatic hydroxyl groups is 2. The van der Waals surface area contributed by atoms with Gasteiger partial charge in [0.25, 0.3) is 0 Å². The average molecular weight is 651 g/mol. The van der Waals surface area contributed by atoms with Gasteiger partial charge in [0.05, 0.1) is 24.4 Å². The Hall–Kier alpha value is -2.48. The van der Waals surface area contributed by atoms with E-state index in [1.807, 2.05) is 6.08 Å². The first kappa shape index (κ1) is 35.8. The highest BCUT2D eigenvalue weighted by Gasteiger charge is 2.57. The van der Waals surface area contributed by atoms with Gasteiger partial charge in [-0.05, 0) is 88.9 Å². The van der Waals surface area contributed by atoms with Crippen LogP contribution in [0.3, 0.4) is 0 Å². The minimum Gasteiger partial charge on any atom is -0.462 e. The fraction of sp³-hybridized carbons (Fsp3) is 0.700. The molecule has 0 bridgehead atoms. The van der Waals surface area contributed by atoms with E-state index in [1.165, 1.54) is 0 Å². The number of hydrogen-bond donors (Lipinski definition) is 2. The van der Waals surface area contributed by atoms with E-state index in [1.54, 1.807) is 0 Å². The minimum absolute atomic E-state index is 0.000904. The molecule has 0 aromatic heterocycles. The summed E-state index contributed by atoms with van der Waals surface area (Å²) < 4.78 is 18.2. The molecule has 12 atom stereocenters. The van der Waals surface area contributed by atoms with E-state index >= 15 is 0 Å². The number of esters is 2. The van der Waals surface area contributed by atoms with E-state index in [2.05, 4.69) is 68.5 Å². The Kier molecular flexibility index (Phi) is 13.6. The molecule has 2 aliphatic carbocycles. The summed E-state index contributed by atoms with van der Waals surface area (Å²) in [6, 6.07) is 0. The van der Waals surface area contributed by atoms with Gasteiger partial charge in [-0.15, -0.1) is 0 Å². The maximum absolute atomic E-state index is 12.1. The van der Waals surface area contributed by atoms with E-state index in [0.29, 0.717) is 37.5 Å². The Morgan fingerprint density at radius 2 is 1.38 bits per heavy atom. The minimum atomic E-state index is -0.751. The molecular formula is C40H58O7. The van der Waals surface area contributed by atoms with Crippen LogP contribution in [0.4, 0.5) is 0 Å². The molecule has 3 saturated heterocycles. The molecule has 2 saturated carbocycles. The fourth-order valence-electron chi connectivity index (χ4n) is 8.13. The molecule has 12 unspecified atom stereocenters. The van der Waals surface area contributed by atoms with Crippen LogP contribution < -0.4 is 0 Å². The van der Waals surface area contributed by atoms with Crippen LogP contribution in [0.15, 0.2) is 60.8 Å². The Labute approximate surface area is 282 Å². The van der Waals surface area contributed by atoms with E-state index in [-0.39, 0.29) is 53.9 Å². The second kappa shape index (κ2) is 17.8. The molecule has 0 amide bonds. The number of cyclic esters (lactones) is 2. The second-order valence-corrected chi connectivity index (χ2v) is 14.3. The van der Waals surface area contributed by atoms with Crippen LogP contribution in [-0.2, 0) is 23.8 Å². The van der Waals surface area contributed by atoms with Gasteiger partial charge >= 0.3 is 11.9 Å². The molecule has 5 aliphatic rings. The van der Waals surface area contributed by atoms with Gasteiger partial charge in [0.2, 0.25) is 0 Å². The van der Waals surface area contributed by atoms with Crippen LogP contribution in [0.25, 0.3) is 0 Å². The molecule has 5 rings (SSSR count). The molecule has 3 aliphatic heterocycles. The number of aliphatic hydroxyl groups excluding tert-OH is 2. The second-order valence-electron chi connectivity index (χ2n) is 14.3. The zero-order chi connectivity index (χ0) is 33.2. The Bertz CT molecular complexity index is 1170. The molecule has 260 valence electrons. The smallest absolute Gasteiger partial charge is 0.306 e. The van der Waals surface area contributed by atoms with Gasteiger partial charge in [-0.2, -0.15) is 0 Å². The first-order valence-corrected chi connectivity index (χ1v) is 18.6. The summed E-state index contributed by atoms with van der Waals surface area (Å²) in [4.78, 5) is 24.0. The van der Waals surface area contributed by atoms with Crippen LogP contribution in [0.1, 0.15) is 104 Å². The summed E-state index contributed by atoms with van der Waals surface area (Å²) in [5, 5.41) is 23.7. The molecule has 0 aromatic carbocycles. The molecule has 2 N–H and O–H groups in total.